The molecule has 0 bridgehead atoms. The molecule has 0 aliphatic heterocycles. The Balaban J connectivity index is 2.40. The molecule has 0 fully saturated rings. The van der Waals surface area contributed by atoms with E-state index in [0.717, 1.165) is 16.7 Å². The topological polar surface area (TPSA) is 88.8 Å². The minimum absolute atomic E-state index is 0.0601. The molecule has 0 amide bonds. The highest BCUT2D eigenvalue weighted by atomic mass is 16.4. The molecule has 1 aromatic heterocycles. The van der Waals surface area contributed by atoms with Crippen LogP contribution in [0.5, 0.6) is 0 Å². The minimum Gasteiger partial charge on any atom is -0.420 e. The van der Waals surface area contributed by atoms with E-state index in [1.165, 1.54) is 0 Å². The summed E-state index contributed by atoms with van der Waals surface area (Å²) in [4.78, 5) is 0. The molecule has 100 valence electrons. The van der Waals surface area contributed by atoms with Crippen molar-refractivity contribution in [3.05, 3.63) is 35.2 Å². The first-order valence-electron chi connectivity index (χ1n) is 6.08. The largest absolute Gasteiger partial charge is 0.420 e. The van der Waals surface area contributed by atoms with E-state index in [4.69, 9.17) is 15.6 Å². The number of nitrogen functional groups attached to an aromatic ring is 1. The molecule has 0 saturated heterocycles. The molecule has 0 radical (unpaired) electrons. The number of nitrogens with one attached hydrogen (secondary N) is 1. The highest BCUT2D eigenvalue weighted by Crippen LogP contribution is 2.26. The molecule has 0 unspecified atom stereocenters. The zero-order chi connectivity index (χ0) is 14.2. The smallest absolute Gasteiger partial charge is 0.247 e. The first-order chi connectivity index (χ1) is 8.79. The number of nitrogens with zero attached hydrogens (tertiary/aromatic N) is 2. The average molecular weight is 258 g/mol. The normalized spacial score (nSPS) is 11.6. The van der Waals surface area contributed by atoms with Crippen molar-refractivity contribution in [3.8, 4) is 11.5 Å². The van der Waals surface area contributed by atoms with Crippen molar-refractivity contribution in [1.29, 1.82) is 5.41 Å². The third kappa shape index (κ3) is 2.65. The Bertz CT molecular complexity index is 623. The molecular formula is C14H18N4O. The number of hydrogen-bond donors (Lipinski definition) is 2. The van der Waals surface area contributed by atoms with Gasteiger partial charge in [-0.15, -0.1) is 10.2 Å². The summed E-state index contributed by atoms with van der Waals surface area (Å²) in [6, 6.07) is 5.54. The molecule has 1 aromatic carbocycles. The van der Waals surface area contributed by atoms with Crippen molar-refractivity contribution in [2.75, 3.05) is 0 Å². The quantitative estimate of drug-likeness (QED) is 0.640. The predicted molar refractivity (Wildman–Crippen MR) is 74.2 cm³/mol. The summed E-state index contributed by atoms with van der Waals surface area (Å²) in [5.74, 6) is 1.16. The molecule has 19 heavy (non-hydrogen) atoms. The van der Waals surface area contributed by atoms with E-state index >= 15 is 0 Å². The second-order valence-electron chi connectivity index (χ2n) is 5.61. The van der Waals surface area contributed by atoms with Gasteiger partial charge < -0.3 is 10.2 Å². The van der Waals surface area contributed by atoms with Gasteiger partial charge in [0, 0.05) is 16.5 Å². The van der Waals surface area contributed by atoms with E-state index in [2.05, 4.69) is 10.2 Å². The van der Waals surface area contributed by atoms with Gasteiger partial charge in [-0.25, -0.2) is 0 Å². The van der Waals surface area contributed by atoms with Crippen molar-refractivity contribution >= 4 is 5.84 Å². The Morgan fingerprint density at radius 2 is 1.95 bits per heavy atom. The van der Waals surface area contributed by atoms with Crippen molar-refractivity contribution in [3.63, 3.8) is 0 Å². The average Bonchev–Trinajstić information content (AvgIpc) is 2.76. The number of hydrogen-bond acceptors (Lipinski definition) is 4. The molecule has 3 N–H and O–H groups in total. The van der Waals surface area contributed by atoms with E-state index < -0.39 is 0 Å². The molecule has 2 rings (SSSR count). The lowest BCUT2D eigenvalue weighted by molar-refractivity contribution is 0.399. The maximum Gasteiger partial charge on any atom is 0.247 e. The number of rotatable bonds is 2. The van der Waals surface area contributed by atoms with Crippen LogP contribution < -0.4 is 5.73 Å². The lowest BCUT2D eigenvalue weighted by atomic mass is 9.97. The lowest BCUT2D eigenvalue weighted by Gasteiger charge is -2.11. The Kier molecular flexibility index (Phi) is 3.14. The van der Waals surface area contributed by atoms with Crippen LogP contribution in [0.25, 0.3) is 11.5 Å². The fourth-order valence-electron chi connectivity index (χ4n) is 1.74. The summed E-state index contributed by atoms with van der Waals surface area (Å²) in [7, 11) is 0. The first-order valence-corrected chi connectivity index (χ1v) is 6.08. The summed E-state index contributed by atoms with van der Waals surface area (Å²) in [6.07, 6.45) is 0. The van der Waals surface area contributed by atoms with Crippen LogP contribution in [0.2, 0.25) is 0 Å². The maximum absolute atomic E-state index is 7.46. The molecule has 0 aliphatic carbocycles. The third-order valence-electron chi connectivity index (χ3n) is 2.83. The van der Waals surface area contributed by atoms with E-state index in [9.17, 15) is 0 Å². The van der Waals surface area contributed by atoms with E-state index in [-0.39, 0.29) is 11.3 Å². The van der Waals surface area contributed by atoms with E-state index in [1.54, 1.807) is 6.07 Å². The first kappa shape index (κ1) is 13.3. The monoisotopic (exact) mass is 258 g/mol. The van der Waals surface area contributed by atoms with Crippen LogP contribution in [0.3, 0.4) is 0 Å². The standard InChI is InChI=1S/C14H18N4O/c1-8-7-9(5-6-10(8)11(15)16)12-17-18-13(19-12)14(2,3)4/h5-7H,1-4H3,(H3,15,16). The van der Waals surface area contributed by atoms with Crippen molar-refractivity contribution in [1.82, 2.24) is 10.2 Å². The van der Waals surface area contributed by atoms with Gasteiger partial charge in [0.2, 0.25) is 11.8 Å². The Morgan fingerprint density at radius 3 is 2.42 bits per heavy atom. The van der Waals surface area contributed by atoms with Crippen LogP contribution in [0, 0.1) is 12.3 Å². The van der Waals surface area contributed by atoms with Gasteiger partial charge >= 0.3 is 0 Å². The minimum atomic E-state index is -0.167. The van der Waals surface area contributed by atoms with Crippen molar-refractivity contribution in [2.45, 2.75) is 33.1 Å². The number of benzene rings is 1. The number of nitrogens with two attached hydrogens (primary N) is 1. The van der Waals surface area contributed by atoms with Crippen LogP contribution in [-0.4, -0.2) is 16.0 Å². The van der Waals surface area contributed by atoms with Gasteiger partial charge in [-0.3, -0.25) is 5.41 Å². The second-order valence-corrected chi connectivity index (χ2v) is 5.61. The van der Waals surface area contributed by atoms with Gasteiger partial charge in [0.1, 0.15) is 5.84 Å². The molecule has 0 saturated carbocycles. The summed E-state index contributed by atoms with van der Waals surface area (Å²) >= 11 is 0. The maximum atomic E-state index is 7.46. The molecule has 5 heteroatoms. The molecule has 0 spiro atoms. The number of aryl methyl sites for hydroxylation is 1. The van der Waals surface area contributed by atoms with Gasteiger partial charge in [-0.05, 0) is 24.6 Å². The van der Waals surface area contributed by atoms with Crippen LogP contribution in [0.1, 0.15) is 37.8 Å². The van der Waals surface area contributed by atoms with Gasteiger partial charge in [0.25, 0.3) is 0 Å². The van der Waals surface area contributed by atoms with Gasteiger partial charge in [0.05, 0.1) is 0 Å². The van der Waals surface area contributed by atoms with Gasteiger partial charge in [-0.1, -0.05) is 26.8 Å². The number of aromatic nitrogens is 2. The summed E-state index contributed by atoms with van der Waals surface area (Å²) in [5.41, 5.74) is 7.81. The lowest BCUT2D eigenvalue weighted by Crippen LogP contribution is -2.12. The second kappa shape index (κ2) is 4.50. The van der Waals surface area contributed by atoms with E-state index in [1.807, 2.05) is 39.8 Å². The predicted octanol–water partition coefficient (Wildman–Crippen LogP) is 2.63. The Labute approximate surface area is 112 Å². The van der Waals surface area contributed by atoms with Crippen LogP contribution in [0.15, 0.2) is 22.6 Å². The van der Waals surface area contributed by atoms with Crippen molar-refractivity contribution < 1.29 is 4.42 Å². The number of amidine groups is 1. The summed E-state index contributed by atoms with van der Waals surface area (Å²) in [5, 5.41) is 15.6. The fourth-order valence-corrected chi connectivity index (χ4v) is 1.74. The zero-order valence-corrected chi connectivity index (χ0v) is 11.6. The molecule has 0 aliphatic rings. The molecule has 1 heterocycles. The van der Waals surface area contributed by atoms with Crippen molar-refractivity contribution in [2.24, 2.45) is 5.73 Å². The van der Waals surface area contributed by atoms with Crippen LogP contribution in [-0.2, 0) is 5.41 Å². The fraction of sp³-hybridized carbons (Fsp3) is 0.357. The molecule has 5 nitrogen and oxygen atoms in total. The van der Waals surface area contributed by atoms with E-state index in [0.29, 0.717) is 11.8 Å². The highest BCUT2D eigenvalue weighted by molar-refractivity contribution is 5.96. The summed E-state index contributed by atoms with van der Waals surface area (Å²) < 4.78 is 5.68. The molecule has 0 atom stereocenters. The molecule has 2 aromatic rings. The van der Waals surface area contributed by atoms with Gasteiger partial charge in [0.15, 0.2) is 0 Å². The zero-order valence-electron chi connectivity index (χ0n) is 11.6. The third-order valence-corrected chi connectivity index (χ3v) is 2.83. The van der Waals surface area contributed by atoms with Crippen LogP contribution >= 0.6 is 0 Å². The Hall–Kier alpha value is -2.17. The van der Waals surface area contributed by atoms with Crippen LogP contribution in [0.4, 0.5) is 0 Å². The molecular weight excluding hydrogens is 240 g/mol. The summed E-state index contributed by atoms with van der Waals surface area (Å²) in [6.45, 7) is 7.97. The highest BCUT2D eigenvalue weighted by Gasteiger charge is 2.22. The van der Waals surface area contributed by atoms with Gasteiger partial charge in [-0.2, -0.15) is 0 Å². The SMILES string of the molecule is Cc1cc(-c2nnc(C(C)(C)C)o2)ccc1C(=N)N. The Morgan fingerprint density at radius 1 is 1.26 bits per heavy atom.